The minimum absolute atomic E-state index is 0.0328. The van der Waals surface area contributed by atoms with E-state index in [1.165, 1.54) is 0 Å². The summed E-state index contributed by atoms with van der Waals surface area (Å²) in [5, 5.41) is 2.82. The van der Waals surface area contributed by atoms with Crippen molar-refractivity contribution in [2.24, 2.45) is 0 Å². The lowest BCUT2D eigenvalue weighted by Gasteiger charge is -2.04. The number of rotatable bonds is 4. The fourth-order valence-electron chi connectivity index (χ4n) is 1.52. The van der Waals surface area contributed by atoms with E-state index in [2.05, 4.69) is 11.4 Å². The van der Waals surface area contributed by atoms with Gasteiger partial charge in [-0.1, -0.05) is 36.4 Å². The van der Waals surface area contributed by atoms with Gasteiger partial charge in [0.2, 0.25) is 0 Å². The first kappa shape index (κ1) is 11.7. The molecule has 0 aromatic heterocycles. The highest BCUT2D eigenvalue weighted by molar-refractivity contribution is 7.72. The van der Waals surface area contributed by atoms with Crippen LogP contribution in [0.15, 0.2) is 48.5 Å². The Bertz CT molecular complexity index is 539. The van der Waals surface area contributed by atoms with Crippen molar-refractivity contribution in [1.29, 1.82) is 0 Å². The molecule has 0 heterocycles. The summed E-state index contributed by atoms with van der Waals surface area (Å²) in [6.45, 7) is 0. The van der Waals surface area contributed by atoms with Crippen LogP contribution in [0, 0.1) is 6.07 Å². The molecule has 17 heavy (non-hydrogen) atoms. The zero-order chi connectivity index (χ0) is 12.1. The highest BCUT2D eigenvalue weighted by Gasteiger charge is 1.97. The molecule has 0 bridgehead atoms. The zero-order valence-corrected chi connectivity index (χ0v) is 9.98. The first-order chi connectivity index (χ1) is 8.25. The van der Waals surface area contributed by atoms with E-state index in [0.29, 0.717) is 0 Å². The van der Waals surface area contributed by atoms with Crippen molar-refractivity contribution in [3.05, 3.63) is 54.6 Å². The summed E-state index contributed by atoms with van der Waals surface area (Å²) in [7, 11) is -2.39. The average molecular weight is 246 g/mol. The second-order valence-corrected chi connectivity index (χ2v) is 4.52. The van der Waals surface area contributed by atoms with Crippen LogP contribution in [-0.2, 0) is 10.7 Å². The van der Waals surface area contributed by atoms with Crippen LogP contribution in [-0.4, -0.2) is 14.3 Å². The average Bonchev–Trinajstić information content (AvgIpc) is 2.38. The second kappa shape index (κ2) is 5.50. The largest absolute Gasteiger partial charge is 0.372 e. The Balaban J connectivity index is 2.13. The second-order valence-electron chi connectivity index (χ2n) is 3.53. The van der Waals surface area contributed by atoms with E-state index in [1.54, 1.807) is 0 Å². The molecule has 87 valence electrons. The van der Waals surface area contributed by atoms with Crippen molar-refractivity contribution in [3.8, 4) is 11.1 Å². The van der Waals surface area contributed by atoms with Gasteiger partial charge in [0.1, 0.15) is 5.88 Å². The molecule has 2 rings (SSSR count). The van der Waals surface area contributed by atoms with E-state index in [9.17, 15) is 8.42 Å². The Morgan fingerprint density at radius 1 is 0.941 bits per heavy atom. The molecule has 0 aliphatic carbocycles. The molecule has 2 aromatic rings. The monoisotopic (exact) mass is 246 g/mol. The summed E-state index contributed by atoms with van der Waals surface area (Å²) >= 11 is 0. The van der Waals surface area contributed by atoms with E-state index < -0.39 is 10.7 Å². The van der Waals surface area contributed by atoms with Crippen molar-refractivity contribution >= 4 is 16.4 Å². The highest BCUT2D eigenvalue weighted by atomic mass is 32.2. The molecule has 1 radical (unpaired) electrons. The molecule has 0 spiro atoms. The number of nitrogens with one attached hydrogen (secondary N) is 1. The van der Waals surface area contributed by atoms with Crippen molar-refractivity contribution in [2.45, 2.75) is 0 Å². The maximum Gasteiger partial charge on any atom is 0.158 e. The summed E-state index contributed by atoms with van der Waals surface area (Å²) in [6, 6.07) is 18.3. The first-order valence-corrected chi connectivity index (χ1v) is 6.54. The van der Waals surface area contributed by atoms with Crippen LogP contribution in [0.4, 0.5) is 5.69 Å². The third kappa shape index (κ3) is 3.32. The summed E-state index contributed by atoms with van der Waals surface area (Å²) in [5.41, 5.74) is 3.01. The van der Waals surface area contributed by atoms with E-state index in [4.69, 9.17) is 0 Å². The van der Waals surface area contributed by atoms with Crippen LogP contribution in [0.3, 0.4) is 0 Å². The molecule has 0 aliphatic heterocycles. The van der Waals surface area contributed by atoms with Gasteiger partial charge in [-0.25, -0.2) is 8.42 Å². The first-order valence-electron chi connectivity index (χ1n) is 5.18. The predicted molar refractivity (Wildman–Crippen MR) is 69.5 cm³/mol. The molecule has 3 nitrogen and oxygen atoms in total. The van der Waals surface area contributed by atoms with Gasteiger partial charge in [-0.2, -0.15) is 0 Å². The summed E-state index contributed by atoms with van der Waals surface area (Å²) < 4.78 is 20.9. The molecular formula is C13H12NO2S. The van der Waals surface area contributed by atoms with Gasteiger partial charge in [0.15, 0.2) is 10.7 Å². The lowest BCUT2D eigenvalue weighted by molar-refractivity contribution is 0.616. The van der Waals surface area contributed by atoms with Crippen molar-refractivity contribution in [1.82, 2.24) is 0 Å². The van der Waals surface area contributed by atoms with Gasteiger partial charge in [0.25, 0.3) is 0 Å². The van der Waals surface area contributed by atoms with E-state index >= 15 is 0 Å². The minimum atomic E-state index is -2.39. The number of hydrogen-bond acceptors (Lipinski definition) is 3. The molecular weight excluding hydrogens is 234 g/mol. The fourth-order valence-corrected chi connectivity index (χ4v) is 1.83. The SMILES string of the molecule is O=[SH](=O)CNc1ccc(-c2cc[c]cc2)cc1. The number of benzene rings is 2. The molecule has 0 atom stereocenters. The molecule has 2 aromatic carbocycles. The third-order valence-electron chi connectivity index (χ3n) is 2.35. The van der Waals surface area contributed by atoms with E-state index in [1.807, 2.05) is 48.5 Å². The molecule has 0 unspecified atom stereocenters. The number of hydrogen-bond donors (Lipinski definition) is 2. The Labute approximate surface area is 102 Å². The smallest absolute Gasteiger partial charge is 0.158 e. The van der Waals surface area contributed by atoms with Crippen LogP contribution >= 0.6 is 0 Å². The molecule has 0 fully saturated rings. The molecule has 0 aliphatic rings. The molecule has 0 amide bonds. The normalized spacial score (nSPS) is 10.4. The van der Waals surface area contributed by atoms with Crippen LogP contribution in [0.25, 0.3) is 11.1 Å². The number of anilines is 1. The Morgan fingerprint density at radius 2 is 1.53 bits per heavy atom. The highest BCUT2D eigenvalue weighted by Crippen LogP contribution is 2.20. The van der Waals surface area contributed by atoms with Gasteiger partial charge < -0.3 is 5.32 Å². The zero-order valence-electron chi connectivity index (χ0n) is 9.09. The number of thiol groups is 1. The fraction of sp³-hybridized carbons (Fsp3) is 0.0769. The molecule has 1 N–H and O–H groups in total. The Hall–Kier alpha value is -1.81. The standard InChI is InChI=1S/C13H12NO2S/c15-17(16)10-14-13-8-6-12(7-9-13)11-4-2-1-3-5-11/h2-9,14,17H,10H2. The van der Waals surface area contributed by atoms with Gasteiger partial charge in [0.05, 0.1) is 0 Å². The van der Waals surface area contributed by atoms with Crippen LogP contribution in [0.5, 0.6) is 0 Å². The molecule has 0 saturated carbocycles. The van der Waals surface area contributed by atoms with Crippen LogP contribution in [0.2, 0.25) is 0 Å². The molecule has 4 heteroatoms. The van der Waals surface area contributed by atoms with Crippen molar-refractivity contribution in [2.75, 3.05) is 11.2 Å². The van der Waals surface area contributed by atoms with Crippen molar-refractivity contribution < 1.29 is 8.42 Å². The van der Waals surface area contributed by atoms with E-state index in [-0.39, 0.29) is 5.88 Å². The van der Waals surface area contributed by atoms with Crippen LogP contribution in [0.1, 0.15) is 0 Å². The summed E-state index contributed by atoms with van der Waals surface area (Å²) in [4.78, 5) is 0. The van der Waals surface area contributed by atoms with Gasteiger partial charge in [-0.3, -0.25) is 0 Å². The maximum atomic E-state index is 10.4. The lowest BCUT2D eigenvalue weighted by Crippen LogP contribution is -2.01. The lowest BCUT2D eigenvalue weighted by atomic mass is 10.1. The topological polar surface area (TPSA) is 46.2 Å². The van der Waals surface area contributed by atoms with Crippen LogP contribution < -0.4 is 5.32 Å². The predicted octanol–water partition coefficient (Wildman–Crippen LogP) is 2.13. The Kier molecular flexibility index (Phi) is 3.77. The summed E-state index contributed by atoms with van der Waals surface area (Å²) in [5.74, 6) is -0.0328. The Morgan fingerprint density at radius 3 is 2.12 bits per heavy atom. The summed E-state index contributed by atoms with van der Waals surface area (Å²) in [6.07, 6.45) is 0. The van der Waals surface area contributed by atoms with Crippen molar-refractivity contribution in [3.63, 3.8) is 0 Å². The van der Waals surface area contributed by atoms with E-state index in [0.717, 1.165) is 16.8 Å². The van der Waals surface area contributed by atoms with Gasteiger partial charge in [-0.05, 0) is 29.3 Å². The molecule has 0 saturated heterocycles. The third-order valence-corrected chi connectivity index (χ3v) is 2.77. The van der Waals surface area contributed by atoms with Gasteiger partial charge in [-0.15, -0.1) is 0 Å². The van der Waals surface area contributed by atoms with Gasteiger partial charge >= 0.3 is 0 Å². The minimum Gasteiger partial charge on any atom is -0.372 e. The quantitative estimate of drug-likeness (QED) is 0.812. The van der Waals surface area contributed by atoms with Gasteiger partial charge in [0, 0.05) is 5.69 Å². The maximum absolute atomic E-state index is 10.4.